The highest BCUT2D eigenvalue weighted by atomic mass is 35.5. The molecule has 4 heterocycles. The minimum atomic E-state index is -4.30. The zero-order valence-corrected chi connectivity index (χ0v) is 28.5. The maximum Gasteiger partial charge on any atom is 0.404 e. The number of hydrogen-bond donors (Lipinski definition) is 0. The van der Waals surface area contributed by atoms with E-state index in [4.69, 9.17) is 26.1 Å². The number of hydrogen-bond acceptors (Lipinski definition) is 8. The first-order valence-electron chi connectivity index (χ1n) is 16.2. The first-order chi connectivity index (χ1) is 22.9. The molecule has 0 radical (unpaired) electrons. The van der Waals surface area contributed by atoms with E-state index in [1.54, 1.807) is 40.0 Å². The summed E-state index contributed by atoms with van der Waals surface area (Å²) < 4.78 is 55.8. The number of benzene rings is 1. The number of aromatic nitrogens is 3. The molecule has 0 N–H and O–H groups in total. The van der Waals surface area contributed by atoms with Crippen molar-refractivity contribution in [3.63, 3.8) is 0 Å². The molecule has 2 atom stereocenters. The fourth-order valence-electron chi connectivity index (χ4n) is 7.69. The van der Waals surface area contributed by atoms with Crippen LogP contribution in [0.15, 0.2) is 34.4 Å². The summed E-state index contributed by atoms with van der Waals surface area (Å²) in [5.74, 6) is 0.633. The van der Waals surface area contributed by atoms with Crippen LogP contribution in [0.2, 0.25) is 5.02 Å². The summed E-state index contributed by atoms with van der Waals surface area (Å²) in [6.45, 7) is 4.38. The van der Waals surface area contributed by atoms with Gasteiger partial charge in [-0.25, -0.2) is 9.78 Å². The number of methoxy groups -OCH3 is 1. The van der Waals surface area contributed by atoms with E-state index < -0.39 is 18.2 Å². The van der Waals surface area contributed by atoms with Crippen molar-refractivity contribution in [3.05, 3.63) is 73.4 Å². The zero-order chi connectivity index (χ0) is 34.0. The smallest absolute Gasteiger partial charge is 0.404 e. The molecule has 0 bridgehead atoms. The van der Waals surface area contributed by atoms with Gasteiger partial charge >= 0.3 is 12.1 Å². The van der Waals surface area contributed by atoms with Crippen LogP contribution in [0.4, 0.5) is 13.2 Å². The predicted octanol–water partition coefficient (Wildman–Crippen LogP) is 7.42. The summed E-state index contributed by atoms with van der Waals surface area (Å²) >= 11 is 7.82. The zero-order valence-electron chi connectivity index (χ0n) is 27.0. The number of rotatable bonds is 7. The van der Waals surface area contributed by atoms with Crippen LogP contribution in [0.5, 0.6) is 5.75 Å². The number of pyridine rings is 1. The molecular weight excluding hydrogens is 665 g/mol. The van der Waals surface area contributed by atoms with Gasteiger partial charge in [-0.3, -0.25) is 19.2 Å². The Morgan fingerprint density at radius 1 is 1.15 bits per heavy atom. The van der Waals surface area contributed by atoms with Crippen molar-refractivity contribution >= 4 is 39.1 Å². The summed E-state index contributed by atoms with van der Waals surface area (Å²) in [4.78, 5) is 37.6. The molecule has 3 aromatic heterocycles. The molecule has 2 fully saturated rings. The van der Waals surface area contributed by atoms with E-state index in [9.17, 15) is 22.8 Å². The summed E-state index contributed by atoms with van der Waals surface area (Å²) in [5, 5.41) is 2.22. The lowest BCUT2D eigenvalue weighted by Gasteiger charge is -2.45. The van der Waals surface area contributed by atoms with E-state index >= 15 is 0 Å². The molecule has 48 heavy (non-hydrogen) atoms. The lowest BCUT2D eigenvalue weighted by molar-refractivity contribution is -0.198. The van der Waals surface area contributed by atoms with E-state index in [2.05, 4.69) is 4.98 Å². The Bertz CT molecular complexity index is 1970. The molecule has 2 unspecified atom stereocenters. The fourth-order valence-corrected chi connectivity index (χ4v) is 8.87. The molecule has 3 aliphatic rings. The number of likely N-dealkylation sites (tertiary alicyclic amines) is 1. The van der Waals surface area contributed by atoms with Gasteiger partial charge in [0, 0.05) is 44.2 Å². The maximum absolute atomic E-state index is 14.1. The number of nitrogens with zero attached hydrogens (tertiary/aromatic N) is 4. The van der Waals surface area contributed by atoms with Crippen LogP contribution >= 0.6 is 22.9 Å². The Balaban J connectivity index is 1.17. The molecule has 13 heteroatoms. The molecular formula is C35H36ClF3N4O4S. The molecule has 2 aliphatic carbocycles. The summed E-state index contributed by atoms with van der Waals surface area (Å²) in [6, 6.07) is 5.39. The number of fused-ring (bicyclic) bond motifs is 3. The highest BCUT2D eigenvalue weighted by molar-refractivity contribution is 7.18. The first kappa shape index (κ1) is 33.0. The van der Waals surface area contributed by atoms with Gasteiger partial charge in [0.25, 0.3) is 5.56 Å². The van der Waals surface area contributed by atoms with Crippen LogP contribution in [0.3, 0.4) is 0 Å². The highest BCUT2D eigenvalue weighted by Gasteiger charge is 2.55. The number of thiophene rings is 1. The third kappa shape index (κ3) is 5.89. The molecule has 7 rings (SSSR count). The van der Waals surface area contributed by atoms with Gasteiger partial charge < -0.3 is 9.47 Å². The number of alkyl halides is 3. The van der Waals surface area contributed by atoms with E-state index in [1.807, 2.05) is 13.0 Å². The van der Waals surface area contributed by atoms with Crippen LogP contribution in [0.1, 0.15) is 71.7 Å². The molecule has 254 valence electrons. The van der Waals surface area contributed by atoms with E-state index in [1.165, 1.54) is 18.4 Å². The SMILES string of the molecule is COC(=O)c1csc2c(-c3cc(Cl)ccc3OCCn3c(C)nc4c(c3=O)CC(N3CCCCC3C(F)(F)F)CC43CC3)cc(C)nc12. The third-order valence-corrected chi connectivity index (χ3v) is 11.4. The van der Waals surface area contributed by atoms with E-state index in [-0.39, 0.29) is 43.0 Å². The van der Waals surface area contributed by atoms with Gasteiger partial charge in [-0.1, -0.05) is 18.0 Å². The Hall–Kier alpha value is -3.48. The summed E-state index contributed by atoms with van der Waals surface area (Å²) in [6.07, 6.45) is -0.349. The largest absolute Gasteiger partial charge is 0.491 e. The van der Waals surface area contributed by atoms with Crippen LogP contribution in [-0.2, 0) is 23.1 Å². The summed E-state index contributed by atoms with van der Waals surface area (Å²) in [5.41, 5.74) is 3.94. The molecule has 1 saturated heterocycles. The average molecular weight is 701 g/mol. The third-order valence-electron chi connectivity index (χ3n) is 10.1. The first-order valence-corrected chi connectivity index (χ1v) is 17.5. The number of carbonyl (C=O) groups excluding carboxylic acids is 1. The molecule has 1 aliphatic heterocycles. The van der Waals surface area contributed by atoms with Crippen molar-refractivity contribution in [1.82, 2.24) is 19.4 Å². The van der Waals surface area contributed by atoms with Gasteiger partial charge in [0.15, 0.2) is 0 Å². The quantitative estimate of drug-likeness (QED) is 0.186. The van der Waals surface area contributed by atoms with Crippen LogP contribution < -0.4 is 10.3 Å². The van der Waals surface area contributed by atoms with Gasteiger partial charge in [-0.15, -0.1) is 11.3 Å². The van der Waals surface area contributed by atoms with E-state index in [0.717, 1.165) is 35.2 Å². The number of esters is 1. The normalized spacial score (nSPS) is 20.6. The van der Waals surface area contributed by atoms with Crippen molar-refractivity contribution < 1.29 is 27.4 Å². The number of ether oxygens (including phenoxy) is 2. The Morgan fingerprint density at radius 2 is 1.94 bits per heavy atom. The Labute approximate surface area is 284 Å². The molecule has 1 saturated carbocycles. The average Bonchev–Trinajstić information content (AvgIpc) is 3.70. The number of aryl methyl sites for hydroxylation is 2. The molecule has 8 nitrogen and oxygen atoms in total. The molecule has 4 aromatic rings. The Morgan fingerprint density at radius 3 is 2.67 bits per heavy atom. The second-order valence-corrected chi connectivity index (χ2v) is 14.5. The lowest BCUT2D eigenvalue weighted by Crippen LogP contribution is -2.56. The minimum Gasteiger partial charge on any atom is -0.491 e. The topological polar surface area (TPSA) is 86.5 Å². The fraction of sp³-hybridized carbons (Fsp3) is 0.486. The van der Waals surface area contributed by atoms with Crippen molar-refractivity contribution in [2.45, 2.75) is 89.0 Å². The minimum absolute atomic E-state index is 0.101. The standard InChI is InChI=1S/C35H36ClF3N4O4S/c1-19-14-24(30-29(40-19)26(18-48-30)33(45)46-3)23-15-21(36)7-8-27(23)47-13-12-42-20(2)41-31-25(32(42)44)16-22(17-34(31)9-10-34)43-11-5-4-6-28(43)35(37,38)39/h7-8,14-15,18,22,28H,4-6,9-13,16-17H2,1-3H3. The number of piperidine rings is 1. The Kier molecular flexibility index (Phi) is 8.56. The monoisotopic (exact) mass is 700 g/mol. The molecule has 0 amide bonds. The second-order valence-electron chi connectivity index (χ2n) is 13.2. The van der Waals surface area contributed by atoms with Gasteiger partial charge in [-0.2, -0.15) is 13.2 Å². The van der Waals surface area contributed by atoms with Crippen LogP contribution in [0.25, 0.3) is 21.3 Å². The van der Waals surface area contributed by atoms with Gasteiger partial charge in [0.2, 0.25) is 0 Å². The van der Waals surface area contributed by atoms with Crippen LogP contribution in [-0.4, -0.2) is 63.9 Å². The summed E-state index contributed by atoms with van der Waals surface area (Å²) in [7, 11) is 1.33. The van der Waals surface area contributed by atoms with Crippen molar-refractivity contribution in [2.75, 3.05) is 20.3 Å². The molecule has 1 aromatic carbocycles. The van der Waals surface area contributed by atoms with Crippen molar-refractivity contribution in [3.8, 4) is 16.9 Å². The number of halogens is 4. The van der Waals surface area contributed by atoms with Gasteiger partial charge in [0.1, 0.15) is 24.2 Å². The molecule has 1 spiro atoms. The van der Waals surface area contributed by atoms with Crippen LogP contribution in [0, 0.1) is 13.8 Å². The van der Waals surface area contributed by atoms with Crippen molar-refractivity contribution in [2.24, 2.45) is 0 Å². The van der Waals surface area contributed by atoms with Gasteiger partial charge in [-0.05, 0) is 83.2 Å². The second kappa shape index (κ2) is 12.4. The maximum atomic E-state index is 14.1. The number of carbonyl (C=O) groups is 1. The van der Waals surface area contributed by atoms with Gasteiger partial charge in [0.05, 0.1) is 35.1 Å². The van der Waals surface area contributed by atoms with E-state index in [0.29, 0.717) is 63.9 Å². The highest BCUT2D eigenvalue weighted by Crippen LogP contribution is 2.55. The lowest BCUT2D eigenvalue weighted by atomic mass is 9.79. The predicted molar refractivity (Wildman–Crippen MR) is 178 cm³/mol. The van der Waals surface area contributed by atoms with Crippen molar-refractivity contribution in [1.29, 1.82) is 0 Å².